The summed E-state index contributed by atoms with van der Waals surface area (Å²) in [7, 11) is 0. The number of benzene rings is 1. The Morgan fingerprint density at radius 1 is 1.33 bits per heavy atom. The average molecular weight is 305 g/mol. The molecule has 3 rings (SSSR count). The predicted molar refractivity (Wildman–Crippen MR) is 82.5 cm³/mol. The van der Waals surface area contributed by atoms with Crippen LogP contribution >= 0.6 is 11.6 Å². The van der Waals surface area contributed by atoms with Crippen LogP contribution in [0.2, 0.25) is 5.15 Å². The molecule has 21 heavy (non-hydrogen) atoms. The van der Waals surface area contributed by atoms with Gasteiger partial charge in [0.05, 0.1) is 5.60 Å². The summed E-state index contributed by atoms with van der Waals surface area (Å²) in [6, 6.07) is 9.38. The van der Waals surface area contributed by atoms with E-state index in [1.165, 1.54) is 0 Å². The van der Waals surface area contributed by atoms with E-state index in [9.17, 15) is 9.90 Å². The van der Waals surface area contributed by atoms with Gasteiger partial charge in [0, 0.05) is 18.5 Å². The van der Waals surface area contributed by atoms with Crippen molar-refractivity contribution >= 4 is 28.3 Å². The lowest BCUT2D eigenvalue weighted by molar-refractivity contribution is -0.00218. The molecule has 1 aromatic heterocycles. The number of fused-ring (bicyclic) bond motifs is 1. The lowest BCUT2D eigenvalue weighted by Crippen LogP contribution is -2.45. The van der Waals surface area contributed by atoms with E-state index in [1.807, 2.05) is 24.3 Å². The lowest BCUT2D eigenvalue weighted by atomic mass is 9.93. The highest BCUT2D eigenvalue weighted by Gasteiger charge is 2.30. The van der Waals surface area contributed by atoms with Gasteiger partial charge in [-0.15, -0.1) is 0 Å². The molecule has 0 aliphatic carbocycles. The fourth-order valence-electron chi connectivity index (χ4n) is 2.62. The Morgan fingerprint density at radius 2 is 2.00 bits per heavy atom. The Morgan fingerprint density at radius 3 is 2.71 bits per heavy atom. The molecule has 2 heterocycles. The molecule has 0 atom stereocenters. The molecular formula is C16H17ClN2O2. The molecule has 1 N–H and O–H groups in total. The van der Waals surface area contributed by atoms with Crippen LogP contribution in [0.4, 0.5) is 0 Å². The normalized spacial score (nSPS) is 18.0. The van der Waals surface area contributed by atoms with Gasteiger partial charge in [0.25, 0.3) is 5.91 Å². The van der Waals surface area contributed by atoms with Gasteiger partial charge in [-0.2, -0.15) is 0 Å². The third-order valence-corrected chi connectivity index (χ3v) is 4.33. The molecule has 1 aromatic carbocycles. The van der Waals surface area contributed by atoms with Gasteiger partial charge in [0.15, 0.2) is 0 Å². The van der Waals surface area contributed by atoms with Crippen molar-refractivity contribution in [2.75, 3.05) is 13.1 Å². The van der Waals surface area contributed by atoms with Crippen molar-refractivity contribution in [3.63, 3.8) is 0 Å². The standard InChI is InChI=1S/C16H17ClN2O2/c1-16(21)6-8-19(9-7-16)15(20)13-10-11-4-2-3-5-12(11)14(17)18-13/h2-5,10,21H,6-9H2,1H3. The first-order valence-electron chi connectivity index (χ1n) is 7.03. The summed E-state index contributed by atoms with van der Waals surface area (Å²) < 4.78 is 0. The topological polar surface area (TPSA) is 53.4 Å². The second-order valence-electron chi connectivity index (χ2n) is 5.81. The first-order valence-corrected chi connectivity index (χ1v) is 7.41. The molecule has 1 amide bonds. The largest absolute Gasteiger partial charge is 0.390 e. The van der Waals surface area contributed by atoms with E-state index >= 15 is 0 Å². The zero-order valence-electron chi connectivity index (χ0n) is 11.8. The fourth-order valence-corrected chi connectivity index (χ4v) is 2.88. The molecule has 0 spiro atoms. The van der Waals surface area contributed by atoms with Crippen LogP contribution in [0.5, 0.6) is 0 Å². The van der Waals surface area contributed by atoms with E-state index in [-0.39, 0.29) is 5.91 Å². The third-order valence-electron chi connectivity index (χ3n) is 4.04. The number of amides is 1. The number of pyridine rings is 1. The third kappa shape index (κ3) is 2.87. The monoisotopic (exact) mass is 304 g/mol. The second kappa shape index (κ2) is 5.28. The van der Waals surface area contributed by atoms with Crippen LogP contribution in [-0.4, -0.2) is 39.6 Å². The summed E-state index contributed by atoms with van der Waals surface area (Å²) in [6.07, 6.45) is 1.17. The number of piperidine rings is 1. The molecule has 1 aliphatic rings. The maximum atomic E-state index is 12.5. The zero-order chi connectivity index (χ0) is 15.0. The number of hydrogen-bond acceptors (Lipinski definition) is 3. The molecule has 110 valence electrons. The van der Waals surface area contributed by atoms with Crippen molar-refractivity contribution in [1.29, 1.82) is 0 Å². The van der Waals surface area contributed by atoms with Crippen molar-refractivity contribution in [2.45, 2.75) is 25.4 Å². The van der Waals surface area contributed by atoms with Crippen LogP contribution in [0.15, 0.2) is 30.3 Å². The number of hydrogen-bond donors (Lipinski definition) is 1. The minimum atomic E-state index is -0.675. The number of aromatic nitrogens is 1. The van der Waals surface area contributed by atoms with E-state index in [4.69, 9.17) is 11.6 Å². The number of likely N-dealkylation sites (tertiary alicyclic amines) is 1. The van der Waals surface area contributed by atoms with Crippen LogP contribution < -0.4 is 0 Å². The SMILES string of the molecule is CC1(O)CCN(C(=O)c2cc3ccccc3c(Cl)n2)CC1. The van der Waals surface area contributed by atoms with Crippen LogP contribution in [0.3, 0.4) is 0 Å². The van der Waals surface area contributed by atoms with Gasteiger partial charge in [0.2, 0.25) is 0 Å². The molecule has 1 aliphatic heterocycles. The van der Waals surface area contributed by atoms with E-state index < -0.39 is 5.60 Å². The summed E-state index contributed by atoms with van der Waals surface area (Å²) in [5.74, 6) is -0.127. The quantitative estimate of drug-likeness (QED) is 0.824. The number of carbonyl (C=O) groups is 1. The molecule has 0 saturated carbocycles. The molecule has 2 aromatic rings. The number of halogens is 1. The Balaban J connectivity index is 1.88. The van der Waals surface area contributed by atoms with Gasteiger partial charge in [-0.3, -0.25) is 4.79 Å². The second-order valence-corrected chi connectivity index (χ2v) is 6.17. The highest BCUT2D eigenvalue weighted by Crippen LogP contribution is 2.25. The van der Waals surface area contributed by atoms with E-state index in [0.29, 0.717) is 36.8 Å². The summed E-state index contributed by atoms with van der Waals surface area (Å²) in [4.78, 5) is 18.5. The molecule has 1 fully saturated rings. The number of nitrogens with zero attached hydrogens (tertiary/aromatic N) is 2. The van der Waals surface area contributed by atoms with Crippen molar-refractivity contribution in [3.8, 4) is 0 Å². The number of rotatable bonds is 1. The van der Waals surface area contributed by atoms with Crippen LogP contribution in [0.1, 0.15) is 30.3 Å². The minimum Gasteiger partial charge on any atom is -0.390 e. The molecule has 5 heteroatoms. The van der Waals surface area contributed by atoms with E-state index in [0.717, 1.165) is 10.8 Å². The maximum absolute atomic E-state index is 12.5. The van der Waals surface area contributed by atoms with Crippen molar-refractivity contribution in [2.24, 2.45) is 0 Å². The highest BCUT2D eigenvalue weighted by atomic mass is 35.5. The fraction of sp³-hybridized carbons (Fsp3) is 0.375. The smallest absolute Gasteiger partial charge is 0.272 e. The Labute approximate surface area is 128 Å². The molecule has 0 radical (unpaired) electrons. The van der Waals surface area contributed by atoms with Crippen LogP contribution in [0, 0.1) is 0 Å². The molecule has 0 bridgehead atoms. The van der Waals surface area contributed by atoms with Crippen molar-refractivity contribution in [1.82, 2.24) is 9.88 Å². The van der Waals surface area contributed by atoms with Gasteiger partial charge < -0.3 is 10.0 Å². The maximum Gasteiger partial charge on any atom is 0.272 e. The summed E-state index contributed by atoms with van der Waals surface area (Å²) in [5, 5.41) is 12.1. The van der Waals surface area contributed by atoms with Gasteiger partial charge in [0.1, 0.15) is 10.8 Å². The Hall–Kier alpha value is -1.65. The number of aliphatic hydroxyl groups is 1. The first kappa shape index (κ1) is 14.3. The zero-order valence-corrected chi connectivity index (χ0v) is 12.6. The minimum absolute atomic E-state index is 0.127. The van der Waals surface area contributed by atoms with Gasteiger partial charge >= 0.3 is 0 Å². The molecule has 1 saturated heterocycles. The lowest BCUT2D eigenvalue weighted by Gasteiger charge is -2.35. The van der Waals surface area contributed by atoms with E-state index in [1.54, 1.807) is 17.9 Å². The van der Waals surface area contributed by atoms with Gasteiger partial charge in [-0.25, -0.2) is 4.98 Å². The summed E-state index contributed by atoms with van der Waals surface area (Å²) >= 11 is 6.17. The average Bonchev–Trinajstić information content (AvgIpc) is 2.46. The predicted octanol–water partition coefficient (Wildman–Crippen LogP) is 2.88. The van der Waals surface area contributed by atoms with Crippen LogP contribution in [-0.2, 0) is 0 Å². The Kier molecular flexibility index (Phi) is 3.59. The van der Waals surface area contributed by atoms with Gasteiger partial charge in [-0.1, -0.05) is 35.9 Å². The van der Waals surface area contributed by atoms with Gasteiger partial charge in [-0.05, 0) is 31.2 Å². The summed E-state index contributed by atoms with van der Waals surface area (Å²) in [6.45, 7) is 2.88. The molecule has 0 unspecified atom stereocenters. The van der Waals surface area contributed by atoms with Crippen molar-refractivity contribution < 1.29 is 9.90 Å². The first-order chi connectivity index (χ1) is 9.96. The molecule has 4 nitrogen and oxygen atoms in total. The van der Waals surface area contributed by atoms with Crippen molar-refractivity contribution in [3.05, 3.63) is 41.2 Å². The molecular weight excluding hydrogens is 288 g/mol. The van der Waals surface area contributed by atoms with Crippen LogP contribution in [0.25, 0.3) is 10.8 Å². The van der Waals surface area contributed by atoms with E-state index in [2.05, 4.69) is 4.98 Å². The Bertz CT molecular complexity index is 690. The highest BCUT2D eigenvalue weighted by molar-refractivity contribution is 6.34. The number of carbonyl (C=O) groups excluding carboxylic acids is 1. The summed E-state index contributed by atoms with van der Waals surface area (Å²) in [5.41, 5.74) is -0.314.